The van der Waals surface area contributed by atoms with Gasteiger partial charge in [-0.2, -0.15) is 0 Å². The van der Waals surface area contributed by atoms with Crippen molar-refractivity contribution in [3.05, 3.63) is 0 Å². The van der Waals surface area contributed by atoms with Crippen LogP contribution in [0.4, 0.5) is 0 Å². The molecule has 2 aliphatic rings. The largest absolute Gasteiger partial charge is 0.418 e. The lowest BCUT2D eigenvalue weighted by atomic mass is 10.5. The lowest BCUT2D eigenvalue weighted by molar-refractivity contribution is 0.189. The molecule has 0 aromatic rings. The van der Waals surface area contributed by atoms with E-state index < -0.39 is 23.0 Å². The monoisotopic (exact) mass is 311 g/mol. The maximum absolute atomic E-state index is 12.5. The molecule has 6 nitrogen and oxygen atoms in total. The van der Waals surface area contributed by atoms with Gasteiger partial charge in [0, 0.05) is 0 Å². The summed E-state index contributed by atoms with van der Waals surface area (Å²) in [5.41, 5.74) is 0. The summed E-state index contributed by atoms with van der Waals surface area (Å²) in [5, 5.41) is -0.671. The number of nitrogens with one attached hydrogen (secondary N) is 1. The van der Waals surface area contributed by atoms with Crippen LogP contribution in [0.3, 0.4) is 0 Å². The third-order valence-corrected chi connectivity index (χ3v) is 7.35. The van der Waals surface area contributed by atoms with E-state index in [-0.39, 0.29) is 0 Å². The Bertz CT molecular complexity index is 436. The Kier molecular flexibility index (Phi) is 4.73. The van der Waals surface area contributed by atoms with Gasteiger partial charge in [0.1, 0.15) is 0 Å². The summed E-state index contributed by atoms with van der Waals surface area (Å²) in [7, 11) is -7.43. The SMILES string of the molecule is CC(C)S(=O)(=O)NP(=O)(OCC1CC1)OCC1CC1. The van der Waals surface area contributed by atoms with Crippen LogP contribution >= 0.6 is 7.75 Å². The van der Waals surface area contributed by atoms with Gasteiger partial charge in [0.05, 0.1) is 18.5 Å². The van der Waals surface area contributed by atoms with Crippen LogP contribution in [0.15, 0.2) is 0 Å². The molecule has 2 saturated carbocycles. The highest BCUT2D eigenvalue weighted by Crippen LogP contribution is 2.49. The van der Waals surface area contributed by atoms with Gasteiger partial charge in [-0.25, -0.2) is 13.0 Å². The molecule has 2 fully saturated rings. The summed E-state index contributed by atoms with van der Waals surface area (Å²) in [4.78, 5) is 0. The molecular formula is C11H22NO5PS. The van der Waals surface area contributed by atoms with E-state index in [0.29, 0.717) is 25.0 Å². The first kappa shape index (κ1) is 15.4. The second-order valence-corrected chi connectivity index (χ2v) is 9.94. The molecule has 112 valence electrons. The highest BCUT2D eigenvalue weighted by atomic mass is 32.2. The van der Waals surface area contributed by atoms with E-state index in [1.807, 2.05) is 0 Å². The molecule has 0 atom stereocenters. The summed E-state index contributed by atoms with van der Waals surface area (Å²) >= 11 is 0. The van der Waals surface area contributed by atoms with E-state index in [1.54, 1.807) is 0 Å². The van der Waals surface area contributed by atoms with E-state index in [9.17, 15) is 13.0 Å². The van der Waals surface area contributed by atoms with E-state index >= 15 is 0 Å². The molecule has 8 heteroatoms. The second kappa shape index (κ2) is 5.82. The summed E-state index contributed by atoms with van der Waals surface area (Å²) < 4.78 is 48.7. The van der Waals surface area contributed by atoms with Gasteiger partial charge in [0.2, 0.25) is 10.0 Å². The molecule has 0 saturated heterocycles. The van der Waals surface area contributed by atoms with Gasteiger partial charge < -0.3 is 0 Å². The fourth-order valence-electron chi connectivity index (χ4n) is 1.33. The summed E-state index contributed by atoms with van der Waals surface area (Å²) in [6.45, 7) is 3.63. The first-order chi connectivity index (χ1) is 8.81. The Balaban J connectivity index is 1.95. The lowest BCUT2D eigenvalue weighted by Crippen LogP contribution is -2.30. The molecule has 0 amide bonds. The zero-order valence-corrected chi connectivity index (χ0v) is 13.1. The zero-order valence-electron chi connectivity index (χ0n) is 11.4. The maximum Gasteiger partial charge on any atom is 0.418 e. The van der Waals surface area contributed by atoms with Crippen LogP contribution in [0.5, 0.6) is 0 Å². The van der Waals surface area contributed by atoms with Crippen LogP contribution in [0.2, 0.25) is 0 Å². The summed E-state index contributed by atoms with van der Waals surface area (Å²) in [6, 6.07) is 0. The molecular weight excluding hydrogens is 289 g/mol. The van der Waals surface area contributed by atoms with Crippen molar-refractivity contribution >= 4 is 17.8 Å². The predicted octanol–water partition coefficient (Wildman–Crippen LogP) is 2.28. The van der Waals surface area contributed by atoms with Crippen molar-refractivity contribution in [2.45, 2.75) is 44.8 Å². The second-order valence-electron chi connectivity index (χ2n) is 5.66. The third-order valence-electron chi connectivity index (χ3n) is 3.21. The topological polar surface area (TPSA) is 81.7 Å². The Hall–Kier alpha value is 0.0600. The highest BCUT2D eigenvalue weighted by molar-refractivity contribution is 7.95. The van der Waals surface area contributed by atoms with Crippen molar-refractivity contribution in [1.82, 2.24) is 4.49 Å². The quantitative estimate of drug-likeness (QED) is 0.661. The fourth-order valence-corrected chi connectivity index (χ4v) is 4.73. The van der Waals surface area contributed by atoms with Gasteiger partial charge in [-0.1, -0.05) is 0 Å². The van der Waals surface area contributed by atoms with Crippen LogP contribution in [0.25, 0.3) is 0 Å². The van der Waals surface area contributed by atoms with Crippen molar-refractivity contribution in [2.24, 2.45) is 11.8 Å². The van der Waals surface area contributed by atoms with Gasteiger partial charge in [-0.15, -0.1) is 4.49 Å². The van der Waals surface area contributed by atoms with Crippen molar-refractivity contribution in [3.8, 4) is 0 Å². The van der Waals surface area contributed by atoms with Crippen molar-refractivity contribution < 1.29 is 22.0 Å². The first-order valence-corrected chi connectivity index (χ1v) is 9.82. The van der Waals surface area contributed by atoms with E-state index in [2.05, 4.69) is 4.49 Å². The van der Waals surface area contributed by atoms with Crippen LogP contribution in [-0.2, 0) is 23.6 Å². The average Bonchev–Trinajstić information content (AvgIpc) is 3.15. The average molecular weight is 311 g/mol. The molecule has 1 N–H and O–H groups in total. The molecule has 0 heterocycles. The van der Waals surface area contributed by atoms with Crippen LogP contribution in [-0.4, -0.2) is 26.9 Å². The maximum atomic E-state index is 12.5. The Morgan fingerprint density at radius 1 is 1.11 bits per heavy atom. The minimum Gasteiger partial charge on any atom is -0.296 e. The Morgan fingerprint density at radius 3 is 1.84 bits per heavy atom. The molecule has 19 heavy (non-hydrogen) atoms. The molecule has 0 bridgehead atoms. The van der Waals surface area contributed by atoms with E-state index in [1.165, 1.54) is 13.8 Å². The minimum absolute atomic E-state index is 0.294. The molecule has 2 rings (SSSR count). The molecule has 0 aromatic heterocycles. The van der Waals surface area contributed by atoms with E-state index in [0.717, 1.165) is 25.7 Å². The summed E-state index contributed by atoms with van der Waals surface area (Å²) in [5.74, 6) is 0.780. The van der Waals surface area contributed by atoms with Crippen molar-refractivity contribution in [2.75, 3.05) is 13.2 Å². The van der Waals surface area contributed by atoms with Gasteiger partial charge in [-0.05, 0) is 51.4 Å². The zero-order chi connectivity index (χ0) is 14.1. The number of hydrogen-bond donors (Lipinski definition) is 1. The Labute approximate surface area is 114 Å². The molecule has 0 unspecified atom stereocenters. The van der Waals surface area contributed by atoms with Crippen LogP contribution in [0.1, 0.15) is 39.5 Å². The molecule has 0 radical (unpaired) electrons. The normalized spacial score (nSPS) is 21.0. The van der Waals surface area contributed by atoms with E-state index in [4.69, 9.17) is 9.05 Å². The van der Waals surface area contributed by atoms with Gasteiger partial charge in [-0.3, -0.25) is 9.05 Å². The first-order valence-electron chi connectivity index (χ1n) is 6.73. The fraction of sp³-hybridized carbons (Fsp3) is 1.00. The molecule has 0 aromatic carbocycles. The van der Waals surface area contributed by atoms with Gasteiger partial charge >= 0.3 is 7.75 Å². The smallest absolute Gasteiger partial charge is 0.296 e. The van der Waals surface area contributed by atoms with Crippen molar-refractivity contribution in [3.63, 3.8) is 0 Å². The molecule has 0 aliphatic heterocycles. The summed E-state index contributed by atoms with van der Waals surface area (Å²) in [6.07, 6.45) is 4.16. The van der Waals surface area contributed by atoms with Crippen LogP contribution in [0, 0.1) is 11.8 Å². The number of sulfonamides is 1. The van der Waals surface area contributed by atoms with Crippen LogP contribution < -0.4 is 4.49 Å². The number of hydrogen-bond acceptors (Lipinski definition) is 5. The number of rotatable bonds is 9. The third kappa shape index (κ3) is 5.16. The van der Waals surface area contributed by atoms with Gasteiger partial charge in [0.25, 0.3) is 0 Å². The highest BCUT2D eigenvalue weighted by Gasteiger charge is 2.37. The lowest BCUT2D eigenvalue weighted by Gasteiger charge is -2.20. The minimum atomic E-state index is -3.76. The van der Waals surface area contributed by atoms with Crippen molar-refractivity contribution in [1.29, 1.82) is 0 Å². The predicted molar refractivity (Wildman–Crippen MR) is 72.2 cm³/mol. The molecule has 0 spiro atoms. The van der Waals surface area contributed by atoms with Gasteiger partial charge in [0.15, 0.2) is 0 Å². The standard InChI is InChI=1S/C11H22NO5PS/c1-9(2)19(14,15)12-18(13,16-7-10-3-4-10)17-8-11-5-6-11/h9-11H,3-8H2,1-2H3,(H,12,13). The molecule has 2 aliphatic carbocycles. The Morgan fingerprint density at radius 2 is 1.53 bits per heavy atom.